The Labute approximate surface area is 173 Å². The van der Waals surface area contributed by atoms with Gasteiger partial charge in [0.15, 0.2) is 18.2 Å². The topological polar surface area (TPSA) is 85.5 Å². The Bertz CT molecular complexity index is 984. The van der Waals surface area contributed by atoms with Crippen LogP contribution in [0.3, 0.4) is 0 Å². The smallest absolute Gasteiger partial charge is 0.260 e. The van der Waals surface area contributed by atoms with Crippen molar-refractivity contribution in [2.24, 2.45) is 0 Å². The summed E-state index contributed by atoms with van der Waals surface area (Å²) in [5.74, 6) is 1.12. The number of aryl methyl sites for hydroxylation is 1. The number of carbonyl (C=O) groups is 2. The third kappa shape index (κ3) is 5.42. The first-order valence-electron chi connectivity index (χ1n) is 9.05. The first-order chi connectivity index (χ1) is 14.0. The Morgan fingerprint density at radius 3 is 2.28 bits per heavy atom. The molecule has 0 spiro atoms. The maximum absolute atomic E-state index is 12.5. The van der Waals surface area contributed by atoms with Crippen LogP contribution in [0.2, 0.25) is 5.02 Å². The van der Waals surface area contributed by atoms with Crippen LogP contribution in [0.5, 0.6) is 5.75 Å². The maximum Gasteiger partial charge on any atom is 0.260 e. The number of carbonyl (C=O) groups excluding carboxylic acids is 2. The van der Waals surface area contributed by atoms with Crippen LogP contribution in [0.4, 0.5) is 0 Å². The summed E-state index contributed by atoms with van der Waals surface area (Å²) >= 11 is 5.85. The van der Waals surface area contributed by atoms with Crippen molar-refractivity contribution in [3.8, 4) is 5.75 Å². The van der Waals surface area contributed by atoms with E-state index < -0.39 is 0 Å². The predicted octanol–water partition coefficient (Wildman–Crippen LogP) is 3.55. The molecule has 29 heavy (non-hydrogen) atoms. The SMILES string of the molecule is CCc1noc(CN(C)C(=O)COc2ccc(C(=O)c3ccc(Cl)cc3)cc2)n1. The van der Waals surface area contributed by atoms with Crippen LogP contribution in [0, 0.1) is 0 Å². The zero-order chi connectivity index (χ0) is 20.8. The van der Waals surface area contributed by atoms with Gasteiger partial charge in [0.05, 0.1) is 6.54 Å². The van der Waals surface area contributed by atoms with Crippen molar-refractivity contribution in [3.63, 3.8) is 0 Å². The van der Waals surface area contributed by atoms with Crippen molar-refractivity contribution in [2.75, 3.05) is 13.7 Å². The highest BCUT2D eigenvalue weighted by molar-refractivity contribution is 6.30. The standard InChI is InChI=1S/C21H20ClN3O4/c1-3-18-23-19(29-24-18)12-25(2)20(26)13-28-17-10-6-15(7-11-17)21(27)14-4-8-16(22)9-5-14/h4-11H,3,12-13H2,1-2H3. The van der Waals surface area contributed by atoms with E-state index >= 15 is 0 Å². The van der Waals surface area contributed by atoms with E-state index in [1.807, 2.05) is 6.92 Å². The van der Waals surface area contributed by atoms with Crippen LogP contribution in [0.15, 0.2) is 53.1 Å². The molecule has 1 heterocycles. The van der Waals surface area contributed by atoms with Crippen LogP contribution in [-0.2, 0) is 17.8 Å². The van der Waals surface area contributed by atoms with Gasteiger partial charge in [-0.2, -0.15) is 4.98 Å². The van der Waals surface area contributed by atoms with E-state index in [-0.39, 0.29) is 24.8 Å². The average molecular weight is 414 g/mol. The molecule has 0 unspecified atom stereocenters. The number of likely N-dealkylation sites (N-methyl/N-ethyl adjacent to an activating group) is 1. The third-order valence-electron chi connectivity index (χ3n) is 4.21. The lowest BCUT2D eigenvalue weighted by atomic mass is 10.0. The molecule has 150 valence electrons. The number of ketones is 1. The minimum absolute atomic E-state index is 0.116. The molecule has 0 aliphatic heterocycles. The third-order valence-corrected chi connectivity index (χ3v) is 4.46. The fourth-order valence-corrected chi connectivity index (χ4v) is 2.64. The van der Waals surface area contributed by atoms with E-state index in [4.69, 9.17) is 20.9 Å². The summed E-state index contributed by atoms with van der Waals surface area (Å²) in [7, 11) is 1.63. The number of hydrogen-bond acceptors (Lipinski definition) is 6. The summed E-state index contributed by atoms with van der Waals surface area (Å²) in [6.07, 6.45) is 0.667. The highest BCUT2D eigenvalue weighted by Crippen LogP contribution is 2.17. The van der Waals surface area contributed by atoms with Gasteiger partial charge in [0, 0.05) is 29.6 Å². The summed E-state index contributed by atoms with van der Waals surface area (Å²) in [4.78, 5) is 30.3. The molecule has 0 fully saturated rings. The summed E-state index contributed by atoms with van der Waals surface area (Å²) in [6, 6.07) is 13.3. The zero-order valence-electron chi connectivity index (χ0n) is 16.1. The number of hydrogen-bond donors (Lipinski definition) is 0. The molecule has 0 N–H and O–H groups in total. The number of amides is 1. The van der Waals surface area contributed by atoms with Crippen molar-refractivity contribution in [2.45, 2.75) is 19.9 Å². The number of benzene rings is 2. The van der Waals surface area contributed by atoms with Crippen LogP contribution >= 0.6 is 11.6 Å². The normalized spacial score (nSPS) is 10.6. The Kier molecular flexibility index (Phi) is 6.61. The van der Waals surface area contributed by atoms with Gasteiger partial charge < -0.3 is 14.2 Å². The lowest BCUT2D eigenvalue weighted by Gasteiger charge is -2.15. The molecule has 0 bridgehead atoms. The van der Waals surface area contributed by atoms with Crippen LogP contribution in [-0.4, -0.2) is 40.4 Å². The van der Waals surface area contributed by atoms with Gasteiger partial charge in [0.2, 0.25) is 5.89 Å². The summed E-state index contributed by atoms with van der Waals surface area (Å²) in [5.41, 5.74) is 1.07. The first kappa shape index (κ1) is 20.5. The van der Waals surface area contributed by atoms with Crippen molar-refractivity contribution in [1.82, 2.24) is 15.0 Å². The predicted molar refractivity (Wildman–Crippen MR) is 107 cm³/mol. The number of ether oxygens (including phenoxy) is 1. The number of rotatable bonds is 8. The van der Waals surface area contributed by atoms with Gasteiger partial charge in [0.25, 0.3) is 5.91 Å². The van der Waals surface area contributed by atoms with E-state index in [0.29, 0.717) is 40.0 Å². The molecule has 0 aliphatic rings. The number of nitrogens with zero attached hydrogens (tertiary/aromatic N) is 3. The van der Waals surface area contributed by atoms with Gasteiger partial charge >= 0.3 is 0 Å². The van der Waals surface area contributed by atoms with E-state index in [1.165, 1.54) is 4.90 Å². The molecular weight excluding hydrogens is 394 g/mol. The molecule has 7 nitrogen and oxygen atoms in total. The second-order valence-corrected chi connectivity index (χ2v) is 6.79. The van der Waals surface area contributed by atoms with Gasteiger partial charge in [-0.3, -0.25) is 9.59 Å². The first-order valence-corrected chi connectivity index (χ1v) is 9.42. The van der Waals surface area contributed by atoms with Crippen LogP contribution < -0.4 is 4.74 Å². The Hall–Kier alpha value is -3.19. The monoisotopic (exact) mass is 413 g/mol. The minimum Gasteiger partial charge on any atom is -0.484 e. The Morgan fingerprint density at radius 1 is 1.07 bits per heavy atom. The average Bonchev–Trinajstić information content (AvgIpc) is 3.20. The lowest BCUT2D eigenvalue weighted by molar-refractivity contribution is -0.132. The van der Waals surface area contributed by atoms with E-state index in [9.17, 15) is 9.59 Å². The molecule has 0 radical (unpaired) electrons. The van der Waals surface area contributed by atoms with Gasteiger partial charge in [-0.15, -0.1) is 0 Å². The van der Waals surface area contributed by atoms with Gasteiger partial charge in [-0.25, -0.2) is 0 Å². The zero-order valence-corrected chi connectivity index (χ0v) is 16.8. The molecule has 8 heteroatoms. The minimum atomic E-state index is -0.234. The molecule has 3 rings (SSSR count). The second kappa shape index (κ2) is 9.34. The van der Waals surface area contributed by atoms with Gasteiger partial charge in [0.1, 0.15) is 5.75 Å². The quantitative estimate of drug-likeness (QED) is 0.525. The highest BCUT2D eigenvalue weighted by Gasteiger charge is 2.15. The summed E-state index contributed by atoms with van der Waals surface area (Å²) in [6.45, 7) is 1.99. The van der Waals surface area contributed by atoms with Crippen LogP contribution in [0.25, 0.3) is 0 Å². The molecule has 0 saturated carbocycles. The molecule has 0 saturated heterocycles. The molecule has 1 aromatic heterocycles. The summed E-state index contributed by atoms with van der Waals surface area (Å²) in [5, 5.41) is 4.37. The molecule has 2 aromatic carbocycles. The number of aromatic nitrogens is 2. The molecule has 0 aliphatic carbocycles. The fourth-order valence-electron chi connectivity index (χ4n) is 2.51. The van der Waals surface area contributed by atoms with Gasteiger partial charge in [-0.05, 0) is 48.5 Å². The van der Waals surface area contributed by atoms with Crippen molar-refractivity contribution < 1.29 is 18.8 Å². The van der Waals surface area contributed by atoms with Gasteiger partial charge in [-0.1, -0.05) is 23.7 Å². The summed E-state index contributed by atoms with van der Waals surface area (Å²) < 4.78 is 10.6. The lowest BCUT2D eigenvalue weighted by Crippen LogP contribution is -2.31. The molecule has 1 amide bonds. The Balaban J connectivity index is 1.53. The highest BCUT2D eigenvalue weighted by atomic mass is 35.5. The maximum atomic E-state index is 12.5. The van der Waals surface area contributed by atoms with Crippen molar-refractivity contribution in [3.05, 3.63) is 76.4 Å². The second-order valence-electron chi connectivity index (χ2n) is 6.36. The fraction of sp³-hybridized carbons (Fsp3) is 0.238. The molecule has 3 aromatic rings. The molecule has 0 atom stereocenters. The molecular formula is C21H20ClN3O4. The Morgan fingerprint density at radius 2 is 1.69 bits per heavy atom. The van der Waals surface area contributed by atoms with E-state index in [0.717, 1.165) is 0 Å². The number of halogens is 1. The van der Waals surface area contributed by atoms with E-state index in [2.05, 4.69) is 10.1 Å². The van der Waals surface area contributed by atoms with Crippen LogP contribution in [0.1, 0.15) is 34.6 Å². The van der Waals surface area contributed by atoms with E-state index in [1.54, 1.807) is 55.6 Å². The van der Waals surface area contributed by atoms with Crippen molar-refractivity contribution in [1.29, 1.82) is 0 Å². The van der Waals surface area contributed by atoms with Crippen molar-refractivity contribution >= 4 is 23.3 Å². The largest absolute Gasteiger partial charge is 0.484 e.